The summed E-state index contributed by atoms with van der Waals surface area (Å²) in [5, 5.41) is 9.77. The van der Waals surface area contributed by atoms with Gasteiger partial charge in [-0.3, -0.25) is 4.79 Å². The van der Waals surface area contributed by atoms with Gasteiger partial charge in [-0.1, -0.05) is 18.2 Å². The number of hydrogen-bond donors (Lipinski definition) is 3. The Labute approximate surface area is 145 Å². The van der Waals surface area contributed by atoms with E-state index in [4.69, 9.17) is 9.47 Å². The molecule has 0 saturated carbocycles. The smallest absolute Gasteiger partial charge is 0.251 e. The zero-order valence-corrected chi connectivity index (χ0v) is 14.1. The normalized spacial score (nSPS) is 18.3. The first-order valence-corrected chi connectivity index (χ1v) is 8.07. The molecule has 0 bridgehead atoms. The largest absolute Gasteiger partial charge is 0.493 e. The van der Waals surface area contributed by atoms with Crippen LogP contribution < -0.4 is 25.4 Å². The van der Waals surface area contributed by atoms with E-state index in [2.05, 4.69) is 16.0 Å². The Morgan fingerprint density at radius 2 is 1.76 bits per heavy atom. The molecule has 2 aromatic carbocycles. The molecule has 2 aromatic rings. The second-order valence-corrected chi connectivity index (χ2v) is 5.94. The predicted molar refractivity (Wildman–Crippen MR) is 96.0 cm³/mol. The topological polar surface area (TPSA) is 71.6 Å². The van der Waals surface area contributed by atoms with Gasteiger partial charge in [-0.05, 0) is 29.8 Å². The predicted octanol–water partition coefficient (Wildman–Crippen LogP) is 2.67. The highest BCUT2D eigenvalue weighted by Crippen LogP contribution is 2.40. The number of para-hydroxylation sites is 2. The second kappa shape index (κ2) is 6.05. The quantitative estimate of drug-likeness (QED) is 0.803. The summed E-state index contributed by atoms with van der Waals surface area (Å²) in [7, 11) is 3.21. The molecule has 1 amide bonds. The molecule has 0 aromatic heterocycles. The van der Waals surface area contributed by atoms with Crippen LogP contribution in [0.15, 0.2) is 53.7 Å². The van der Waals surface area contributed by atoms with Crippen molar-refractivity contribution in [2.45, 2.75) is 6.04 Å². The van der Waals surface area contributed by atoms with Gasteiger partial charge in [-0.25, -0.2) is 0 Å². The number of carbonyl (C=O) groups is 1. The number of methoxy groups -OCH3 is 2. The average molecular weight is 337 g/mol. The molecule has 3 N–H and O–H groups in total. The SMILES string of the molecule is COc1ccc(C2Nc3ccccc3NC3=C2C(=O)NC3)cc1OC. The van der Waals surface area contributed by atoms with Gasteiger partial charge in [0.05, 0.1) is 43.8 Å². The first kappa shape index (κ1) is 15.4. The second-order valence-electron chi connectivity index (χ2n) is 5.94. The van der Waals surface area contributed by atoms with E-state index in [9.17, 15) is 4.79 Å². The maximum atomic E-state index is 12.5. The molecule has 2 aliphatic heterocycles. The molecule has 6 heteroatoms. The molecule has 1 unspecified atom stereocenters. The van der Waals surface area contributed by atoms with E-state index in [-0.39, 0.29) is 11.9 Å². The number of amides is 1. The molecule has 4 rings (SSSR count). The fraction of sp³-hybridized carbons (Fsp3) is 0.211. The van der Waals surface area contributed by atoms with Crippen LogP contribution in [0, 0.1) is 0 Å². The third-order valence-electron chi connectivity index (χ3n) is 4.54. The Balaban J connectivity index is 1.84. The minimum absolute atomic E-state index is 0.0670. The number of anilines is 2. The molecule has 0 spiro atoms. The van der Waals surface area contributed by atoms with Crippen LogP contribution in [0.1, 0.15) is 11.6 Å². The van der Waals surface area contributed by atoms with Crippen molar-refractivity contribution in [1.29, 1.82) is 0 Å². The minimum atomic E-state index is -0.284. The Hall–Kier alpha value is -3.15. The summed E-state index contributed by atoms with van der Waals surface area (Å²) in [5.74, 6) is 1.22. The van der Waals surface area contributed by atoms with Crippen LogP contribution >= 0.6 is 0 Å². The summed E-state index contributed by atoms with van der Waals surface area (Å²) in [6, 6.07) is 13.3. The van der Waals surface area contributed by atoms with Crippen LogP contribution in [0.25, 0.3) is 0 Å². The summed E-state index contributed by atoms with van der Waals surface area (Å²) in [6.45, 7) is 0.494. The minimum Gasteiger partial charge on any atom is -0.493 e. The van der Waals surface area contributed by atoms with Gasteiger partial charge in [0.2, 0.25) is 0 Å². The highest BCUT2D eigenvalue weighted by atomic mass is 16.5. The number of ether oxygens (including phenoxy) is 2. The fourth-order valence-corrected chi connectivity index (χ4v) is 3.30. The van der Waals surface area contributed by atoms with Crippen LogP contribution in [0.3, 0.4) is 0 Å². The zero-order chi connectivity index (χ0) is 17.4. The van der Waals surface area contributed by atoms with E-state index < -0.39 is 0 Å². The molecule has 2 aliphatic rings. The molecule has 0 aliphatic carbocycles. The highest BCUT2D eigenvalue weighted by molar-refractivity contribution is 6.01. The Morgan fingerprint density at radius 3 is 2.52 bits per heavy atom. The third kappa shape index (κ3) is 2.55. The molecule has 25 heavy (non-hydrogen) atoms. The lowest BCUT2D eigenvalue weighted by Gasteiger charge is -2.21. The van der Waals surface area contributed by atoms with E-state index in [0.29, 0.717) is 23.6 Å². The van der Waals surface area contributed by atoms with Gasteiger partial charge in [0.25, 0.3) is 5.91 Å². The van der Waals surface area contributed by atoms with Crippen molar-refractivity contribution < 1.29 is 14.3 Å². The van der Waals surface area contributed by atoms with Gasteiger partial charge in [0.15, 0.2) is 11.5 Å². The van der Waals surface area contributed by atoms with E-state index in [1.807, 2.05) is 42.5 Å². The number of rotatable bonds is 3. The molecular weight excluding hydrogens is 318 g/mol. The number of benzene rings is 2. The molecule has 1 atom stereocenters. The van der Waals surface area contributed by atoms with Crippen LogP contribution in [0.2, 0.25) is 0 Å². The monoisotopic (exact) mass is 337 g/mol. The summed E-state index contributed by atoms with van der Waals surface area (Å²) >= 11 is 0. The summed E-state index contributed by atoms with van der Waals surface area (Å²) in [4.78, 5) is 12.5. The first-order chi connectivity index (χ1) is 12.2. The van der Waals surface area contributed by atoms with E-state index in [1.165, 1.54) is 0 Å². The van der Waals surface area contributed by atoms with Crippen LogP contribution in [0.4, 0.5) is 11.4 Å². The third-order valence-corrected chi connectivity index (χ3v) is 4.54. The van der Waals surface area contributed by atoms with Crippen molar-refractivity contribution in [2.24, 2.45) is 0 Å². The Bertz CT molecular complexity index is 876. The number of fused-ring (bicyclic) bond motifs is 1. The number of carbonyl (C=O) groups excluding carboxylic acids is 1. The number of hydrogen-bond acceptors (Lipinski definition) is 5. The van der Waals surface area contributed by atoms with Gasteiger partial charge >= 0.3 is 0 Å². The molecule has 0 saturated heterocycles. The molecule has 0 fully saturated rings. The Morgan fingerprint density at radius 1 is 1.00 bits per heavy atom. The van der Waals surface area contributed by atoms with Crippen molar-refractivity contribution in [2.75, 3.05) is 31.4 Å². The first-order valence-electron chi connectivity index (χ1n) is 8.07. The number of nitrogens with one attached hydrogen (secondary N) is 3. The van der Waals surface area contributed by atoms with E-state index >= 15 is 0 Å². The molecule has 6 nitrogen and oxygen atoms in total. The summed E-state index contributed by atoms with van der Waals surface area (Å²) < 4.78 is 10.7. The summed E-state index contributed by atoms with van der Waals surface area (Å²) in [6.07, 6.45) is 0. The van der Waals surface area contributed by atoms with Crippen molar-refractivity contribution in [1.82, 2.24) is 5.32 Å². The van der Waals surface area contributed by atoms with Crippen LogP contribution in [0.5, 0.6) is 11.5 Å². The Kier molecular flexibility index (Phi) is 3.72. The van der Waals surface area contributed by atoms with Crippen LogP contribution in [-0.2, 0) is 4.79 Å². The van der Waals surface area contributed by atoms with Crippen molar-refractivity contribution in [3.05, 3.63) is 59.3 Å². The molecule has 2 heterocycles. The van der Waals surface area contributed by atoms with Gasteiger partial charge in [0, 0.05) is 5.70 Å². The fourth-order valence-electron chi connectivity index (χ4n) is 3.30. The van der Waals surface area contributed by atoms with E-state index in [1.54, 1.807) is 14.2 Å². The van der Waals surface area contributed by atoms with Crippen molar-refractivity contribution >= 4 is 17.3 Å². The lowest BCUT2D eigenvalue weighted by atomic mass is 9.97. The van der Waals surface area contributed by atoms with Crippen molar-refractivity contribution in [3.63, 3.8) is 0 Å². The van der Waals surface area contributed by atoms with Gasteiger partial charge in [-0.2, -0.15) is 0 Å². The van der Waals surface area contributed by atoms with Gasteiger partial charge in [-0.15, -0.1) is 0 Å². The highest BCUT2D eigenvalue weighted by Gasteiger charge is 2.34. The molecule has 0 radical (unpaired) electrons. The van der Waals surface area contributed by atoms with Crippen LogP contribution in [-0.4, -0.2) is 26.7 Å². The average Bonchev–Trinajstić information content (AvgIpc) is 2.91. The van der Waals surface area contributed by atoms with Gasteiger partial charge in [0.1, 0.15) is 0 Å². The lowest BCUT2D eigenvalue weighted by molar-refractivity contribution is -0.116. The lowest BCUT2D eigenvalue weighted by Crippen LogP contribution is -2.24. The van der Waals surface area contributed by atoms with Gasteiger partial charge < -0.3 is 25.4 Å². The molecule has 128 valence electrons. The molecular formula is C19H19N3O3. The van der Waals surface area contributed by atoms with Crippen molar-refractivity contribution in [3.8, 4) is 11.5 Å². The van der Waals surface area contributed by atoms with E-state index in [0.717, 1.165) is 22.6 Å². The maximum Gasteiger partial charge on any atom is 0.251 e. The standard InChI is InChI=1S/C19H19N3O3/c1-24-15-8-7-11(9-16(15)25-2)18-17-14(10-20-19(17)23)21-12-5-3-4-6-13(12)22-18/h3-9,18,21-22H,10H2,1-2H3,(H,20,23). The zero-order valence-electron chi connectivity index (χ0n) is 14.1. The summed E-state index contributed by atoms with van der Waals surface area (Å²) in [5.41, 5.74) is 4.42. The maximum absolute atomic E-state index is 12.5.